The molecule has 4 heteroatoms. The van der Waals surface area contributed by atoms with Crippen molar-refractivity contribution in [2.45, 2.75) is 33.1 Å². The molecule has 0 fully saturated rings. The predicted molar refractivity (Wildman–Crippen MR) is 103 cm³/mol. The molecule has 0 radical (unpaired) electrons. The molecule has 2 N–H and O–H groups in total. The van der Waals surface area contributed by atoms with Crippen LogP contribution in [-0.4, -0.2) is 18.2 Å². The van der Waals surface area contributed by atoms with Crippen LogP contribution >= 0.6 is 12.2 Å². The van der Waals surface area contributed by atoms with E-state index in [1.54, 1.807) is 0 Å². The summed E-state index contributed by atoms with van der Waals surface area (Å²) in [5.74, 6) is 1.59. The minimum Gasteiger partial charge on any atom is -0.490 e. The van der Waals surface area contributed by atoms with Crippen molar-refractivity contribution in [1.29, 1.82) is 0 Å². The topological polar surface area (TPSA) is 44.5 Å². The van der Waals surface area contributed by atoms with E-state index in [-0.39, 0.29) is 5.41 Å². The van der Waals surface area contributed by atoms with Crippen LogP contribution in [0.25, 0.3) is 0 Å². The van der Waals surface area contributed by atoms with Gasteiger partial charge in [-0.05, 0) is 36.1 Å². The molecule has 128 valence electrons. The second-order valence-electron chi connectivity index (χ2n) is 6.81. The van der Waals surface area contributed by atoms with Gasteiger partial charge in [0.15, 0.2) is 0 Å². The first-order valence-electron chi connectivity index (χ1n) is 8.04. The fraction of sp³-hybridized carbons (Fsp3) is 0.350. The zero-order valence-corrected chi connectivity index (χ0v) is 15.6. The van der Waals surface area contributed by atoms with Gasteiger partial charge in [-0.25, -0.2) is 0 Å². The number of hydrogen-bond acceptors (Lipinski definition) is 3. The first-order valence-corrected chi connectivity index (χ1v) is 8.45. The fourth-order valence-electron chi connectivity index (χ4n) is 2.46. The van der Waals surface area contributed by atoms with Crippen LogP contribution in [0, 0.1) is 6.92 Å². The summed E-state index contributed by atoms with van der Waals surface area (Å²) in [6, 6.07) is 13.8. The largest absolute Gasteiger partial charge is 0.490 e. The third-order valence-electron chi connectivity index (χ3n) is 3.69. The molecule has 0 saturated carbocycles. The quantitative estimate of drug-likeness (QED) is 0.624. The maximum atomic E-state index is 5.95. The summed E-state index contributed by atoms with van der Waals surface area (Å²) < 4.78 is 11.7. The highest BCUT2D eigenvalue weighted by molar-refractivity contribution is 7.80. The SMILES string of the molecule is Cc1ccc(OCCOc2ccccc2C(N)=S)c(C(C)(C)C)c1. The van der Waals surface area contributed by atoms with E-state index >= 15 is 0 Å². The lowest BCUT2D eigenvalue weighted by Crippen LogP contribution is -2.17. The molecule has 2 rings (SSSR count). The van der Waals surface area contributed by atoms with Gasteiger partial charge in [-0.3, -0.25) is 0 Å². The lowest BCUT2D eigenvalue weighted by atomic mass is 9.85. The molecule has 0 bridgehead atoms. The Bertz CT molecular complexity index is 720. The summed E-state index contributed by atoms with van der Waals surface area (Å²) >= 11 is 5.04. The molecule has 0 unspecified atom stereocenters. The Morgan fingerprint density at radius 2 is 1.62 bits per heavy atom. The summed E-state index contributed by atoms with van der Waals surface area (Å²) in [7, 11) is 0. The lowest BCUT2D eigenvalue weighted by Gasteiger charge is -2.23. The molecule has 2 aromatic rings. The predicted octanol–water partition coefficient (Wildman–Crippen LogP) is 4.38. The smallest absolute Gasteiger partial charge is 0.129 e. The highest BCUT2D eigenvalue weighted by Gasteiger charge is 2.19. The van der Waals surface area contributed by atoms with Crippen LogP contribution in [0.3, 0.4) is 0 Å². The highest BCUT2D eigenvalue weighted by Crippen LogP contribution is 2.32. The first kappa shape index (κ1) is 18.3. The van der Waals surface area contributed by atoms with Crippen LogP contribution in [0.5, 0.6) is 11.5 Å². The molecule has 0 aromatic heterocycles. The Kier molecular flexibility index (Phi) is 5.84. The van der Waals surface area contributed by atoms with Crippen molar-refractivity contribution in [3.05, 3.63) is 59.2 Å². The summed E-state index contributed by atoms with van der Waals surface area (Å²) in [6.45, 7) is 9.53. The number of aryl methyl sites for hydroxylation is 1. The average Bonchev–Trinajstić information content (AvgIpc) is 2.52. The number of hydrogen-bond donors (Lipinski definition) is 1. The molecule has 0 aliphatic carbocycles. The zero-order chi connectivity index (χ0) is 17.7. The molecule has 0 saturated heterocycles. The van der Waals surface area contributed by atoms with Crippen LogP contribution in [0.4, 0.5) is 0 Å². The van der Waals surface area contributed by atoms with E-state index in [0.717, 1.165) is 11.3 Å². The molecule has 0 amide bonds. The van der Waals surface area contributed by atoms with Crippen LogP contribution in [-0.2, 0) is 5.41 Å². The third kappa shape index (κ3) is 4.71. The third-order valence-corrected chi connectivity index (χ3v) is 3.91. The zero-order valence-electron chi connectivity index (χ0n) is 14.8. The number of thiocarbonyl (C=S) groups is 1. The molecule has 0 aliphatic heterocycles. The normalized spacial score (nSPS) is 11.2. The van der Waals surface area contributed by atoms with Crippen molar-refractivity contribution in [1.82, 2.24) is 0 Å². The summed E-state index contributed by atoms with van der Waals surface area (Å²) in [5, 5.41) is 0. The standard InChI is InChI=1S/C20H25NO2S/c1-14-9-10-18(16(13-14)20(2,3)4)23-12-11-22-17-8-6-5-7-15(17)19(21)24/h5-10,13H,11-12H2,1-4H3,(H2,21,24). The van der Waals surface area contributed by atoms with E-state index in [9.17, 15) is 0 Å². The van der Waals surface area contributed by atoms with Gasteiger partial charge >= 0.3 is 0 Å². The van der Waals surface area contributed by atoms with Crippen molar-refractivity contribution in [3.8, 4) is 11.5 Å². The van der Waals surface area contributed by atoms with E-state index in [1.165, 1.54) is 11.1 Å². The van der Waals surface area contributed by atoms with Crippen molar-refractivity contribution < 1.29 is 9.47 Å². The van der Waals surface area contributed by atoms with Gasteiger partial charge in [0.2, 0.25) is 0 Å². The Hall–Kier alpha value is -2.07. The number of para-hydroxylation sites is 1. The summed E-state index contributed by atoms with van der Waals surface area (Å²) in [4.78, 5) is 0.333. The van der Waals surface area contributed by atoms with Gasteiger partial charge in [-0.1, -0.05) is 62.8 Å². The Morgan fingerprint density at radius 3 is 2.25 bits per heavy atom. The van der Waals surface area contributed by atoms with Gasteiger partial charge in [-0.2, -0.15) is 0 Å². The number of ether oxygens (including phenoxy) is 2. The summed E-state index contributed by atoms with van der Waals surface area (Å²) in [6.07, 6.45) is 0. The van der Waals surface area contributed by atoms with Gasteiger partial charge in [0, 0.05) is 0 Å². The van der Waals surface area contributed by atoms with Gasteiger partial charge in [0.05, 0.1) is 5.56 Å². The van der Waals surface area contributed by atoms with Crippen molar-refractivity contribution in [2.75, 3.05) is 13.2 Å². The Labute approximate surface area is 149 Å². The highest BCUT2D eigenvalue weighted by atomic mass is 32.1. The van der Waals surface area contributed by atoms with Crippen LogP contribution in [0.2, 0.25) is 0 Å². The fourth-order valence-corrected chi connectivity index (χ4v) is 2.62. The Balaban J connectivity index is 2.00. The second-order valence-corrected chi connectivity index (χ2v) is 7.25. The monoisotopic (exact) mass is 343 g/mol. The van der Waals surface area contributed by atoms with E-state index < -0.39 is 0 Å². The number of benzene rings is 2. The minimum absolute atomic E-state index is 0.0283. The van der Waals surface area contributed by atoms with E-state index in [2.05, 4.69) is 39.8 Å². The maximum absolute atomic E-state index is 5.95. The molecule has 0 aliphatic rings. The molecule has 3 nitrogen and oxygen atoms in total. The second kappa shape index (κ2) is 7.67. The Morgan fingerprint density at radius 1 is 1.00 bits per heavy atom. The molecular weight excluding hydrogens is 318 g/mol. The lowest BCUT2D eigenvalue weighted by molar-refractivity contribution is 0.214. The van der Waals surface area contributed by atoms with Gasteiger partial charge < -0.3 is 15.2 Å². The minimum atomic E-state index is 0.0283. The van der Waals surface area contributed by atoms with E-state index in [0.29, 0.717) is 24.0 Å². The average molecular weight is 343 g/mol. The number of rotatable bonds is 6. The molecule has 0 heterocycles. The van der Waals surface area contributed by atoms with Crippen LogP contribution in [0.15, 0.2) is 42.5 Å². The van der Waals surface area contributed by atoms with Crippen molar-refractivity contribution in [2.24, 2.45) is 5.73 Å². The van der Waals surface area contributed by atoms with E-state index in [4.69, 9.17) is 27.4 Å². The summed E-state index contributed by atoms with van der Waals surface area (Å²) in [5.41, 5.74) is 8.92. The van der Waals surface area contributed by atoms with Crippen LogP contribution in [0.1, 0.15) is 37.5 Å². The molecular formula is C20H25NO2S. The van der Waals surface area contributed by atoms with Crippen molar-refractivity contribution >= 4 is 17.2 Å². The molecule has 0 atom stereocenters. The number of nitrogens with two attached hydrogens (primary N) is 1. The van der Waals surface area contributed by atoms with Crippen molar-refractivity contribution in [3.63, 3.8) is 0 Å². The molecule has 24 heavy (non-hydrogen) atoms. The first-order chi connectivity index (χ1) is 11.3. The van der Waals surface area contributed by atoms with Gasteiger partial charge in [0.1, 0.15) is 29.7 Å². The van der Waals surface area contributed by atoms with E-state index in [1.807, 2.05) is 30.3 Å². The van der Waals surface area contributed by atoms with Gasteiger partial charge in [0.25, 0.3) is 0 Å². The molecule has 0 spiro atoms. The van der Waals surface area contributed by atoms with Gasteiger partial charge in [-0.15, -0.1) is 0 Å². The maximum Gasteiger partial charge on any atom is 0.129 e. The molecule has 2 aromatic carbocycles. The van der Waals surface area contributed by atoms with Crippen LogP contribution < -0.4 is 15.2 Å².